The van der Waals surface area contributed by atoms with Crippen LogP contribution in [-0.4, -0.2) is 24.1 Å². The van der Waals surface area contributed by atoms with E-state index in [-0.39, 0.29) is 24.7 Å². The molecule has 0 saturated heterocycles. The van der Waals surface area contributed by atoms with Crippen molar-refractivity contribution in [2.45, 2.75) is 19.9 Å². The molecule has 1 aromatic carbocycles. The summed E-state index contributed by atoms with van der Waals surface area (Å²) < 4.78 is 24.0. The summed E-state index contributed by atoms with van der Waals surface area (Å²) in [6, 6.07) is 9.72. The number of carbonyl (C=O) groups is 1. The van der Waals surface area contributed by atoms with Gasteiger partial charge in [-0.15, -0.1) is 0 Å². The molecular formula is C17H19FN2O3. The lowest BCUT2D eigenvalue weighted by Crippen LogP contribution is -2.25. The Kier molecular flexibility index (Phi) is 6.35. The fourth-order valence-electron chi connectivity index (χ4n) is 1.92. The van der Waals surface area contributed by atoms with Gasteiger partial charge in [0.1, 0.15) is 0 Å². The summed E-state index contributed by atoms with van der Waals surface area (Å²) >= 11 is 0. The van der Waals surface area contributed by atoms with Gasteiger partial charge in [-0.25, -0.2) is 9.37 Å². The van der Waals surface area contributed by atoms with Crippen LogP contribution in [-0.2, 0) is 11.3 Å². The molecular weight excluding hydrogens is 299 g/mol. The number of amides is 1. The van der Waals surface area contributed by atoms with Crippen molar-refractivity contribution in [1.82, 2.24) is 10.3 Å². The second-order valence-corrected chi connectivity index (χ2v) is 4.71. The molecule has 1 amide bonds. The van der Waals surface area contributed by atoms with Crippen molar-refractivity contribution in [2.75, 3.05) is 13.2 Å². The molecule has 0 unspecified atom stereocenters. The van der Waals surface area contributed by atoms with E-state index in [0.29, 0.717) is 19.0 Å². The molecule has 2 aromatic rings. The van der Waals surface area contributed by atoms with E-state index < -0.39 is 5.82 Å². The molecule has 2 rings (SSSR count). The Balaban J connectivity index is 1.76. The highest BCUT2D eigenvalue weighted by molar-refractivity contribution is 5.76. The van der Waals surface area contributed by atoms with Crippen LogP contribution in [0.15, 0.2) is 42.6 Å². The third-order valence-electron chi connectivity index (χ3n) is 3.03. The van der Waals surface area contributed by atoms with E-state index in [9.17, 15) is 9.18 Å². The predicted octanol–water partition coefficient (Wildman–Crippen LogP) is 2.70. The zero-order valence-corrected chi connectivity index (χ0v) is 12.9. The molecule has 23 heavy (non-hydrogen) atoms. The van der Waals surface area contributed by atoms with Gasteiger partial charge in [0.2, 0.25) is 11.8 Å². The number of pyridine rings is 1. The summed E-state index contributed by atoms with van der Waals surface area (Å²) in [6.07, 6.45) is 1.77. The standard InChI is InChI=1S/C17H19FN2O3/c1-2-22-17-13(6-5-10-19-17)12-20-16(21)9-11-23-15-8-4-3-7-14(15)18/h3-8,10H,2,9,11-12H2,1H3,(H,20,21). The molecule has 0 fully saturated rings. The number of hydrogen-bond acceptors (Lipinski definition) is 4. The van der Waals surface area contributed by atoms with E-state index in [1.165, 1.54) is 12.1 Å². The molecule has 0 radical (unpaired) electrons. The average Bonchev–Trinajstić information content (AvgIpc) is 2.56. The van der Waals surface area contributed by atoms with Crippen LogP contribution in [0.5, 0.6) is 11.6 Å². The zero-order valence-electron chi connectivity index (χ0n) is 12.9. The molecule has 1 heterocycles. The van der Waals surface area contributed by atoms with E-state index in [0.717, 1.165) is 5.56 Å². The number of nitrogens with one attached hydrogen (secondary N) is 1. The lowest BCUT2D eigenvalue weighted by Gasteiger charge is -2.10. The number of benzene rings is 1. The summed E-state index contributed by atoms with van der Waals surface area (Å²) in [6.45, 7) is 2.81. The van der Waals surface area contributed by atoms with Crippen LogP contribution < -0.4 is 14.8 Å². The predicted molar refractivity (Wildman–Crippen MR) is 83.8 cm³/mol. The zero-order chi connectivity index (χ0) is 16.5. The van der Waals surface area contributed by atoms with Crippen LogP contribution in [0.25, 0.3) is 0 Å². The lowest BCUT2D eigenvalue weighted by atomic mass is 10.2. The second-order valence-electron chi connectivity index (χ2n) is 4.71. The van der Waals surface area contributed by atoms with Crippen LogP contribution in [0.4, 0.5) is 4.39 Å². The number of aromatic nitrogens is 1. The van der Waals surface area contributed by atoms with Crippen LogP contribution in [0, 0.1) is 5.82 Å². The first-order chi connectivity index (χ1) is 11.2. The van der Waals surface area contributed by atoms with E-state index >= 15 is 0 Å². The first kappa shape index (κ1) is 16.7. The SMILES string of the molecule is CCOc1ncccc1CNC(=O)CCOc1ccccc1F. The van der Waals surface area contributed by atoms with Crippen molar-refractivity contribution >= 4 is 5.91 Å². The molecule has 0 bridgehead atoms. The summed E-state index contributed by atoms with van der Waals surface area (Å²) in [7, 11) is 0. The molecule has 0 aliphatic rings. The van der Waals surface area contributed by atoms with Crippen LogP contribution in [0.3, 0.4) is 0 Å². The minimum Gasteiger partial charge on any atom is -0.490 e. The number of hydrogen-bond donors (Lipinski definition) is 1. The molecule has 0 spiro atoms. The first-order valence-corrected chi connectivity index (χ1v) is 7.41. The Labute approximate surface area is 134 Å². The lowest BCUT2D eigenvalue weighted by molar-refractivity contribution is -0.121. The third-order valence-corrected chi connectivity index (χ3v) is 3.03. The van der Waals surface area contributed by atoms with Gasteiger partial charge in [-0.2, -0.15) is 0 Å². The maximum Gasteiger partial charge on any atom is 0.223 e. The molecule has 1 aromatic heterocycles. The highest BCUT2D eigenvalue weighted by atomic mass is 19.1. The topological polar surface area (TPSA) is 60.5 Å². The number of halogens is 1. The van der Waals surface area contributed by atoms with E-state index in [2.05, 4.69) is 10.3 Å². The summed E-state index contributed by atoms with van der Waals surface area (Å²) in [5.41, 5.74) is 0.803. The van der Waals surface area contributed by atoms with Gasteiger partial charge in [0, 0.05) is 18.3 Å². The molecule has 0 aliphatic carbocycles. The van der Waals surface area contributed by atoms with Gasteiger partial charge in [-0.05, 0) is 25.1 Å². The Morgan fingerprint density at radius 2 is 2.04 bits per heavy atom. The quantitative estimate of drug-likeness (QED) is 0.813. The van der Waals surface area contributed by atoms with Crippen molar-refractivity contribution in [3.8, 4) is 11.6 Å². The maximum atomic E-state index is 13.4. The highest BCUT2D eigenvalue weighted by Gasteiger charge is 2.08. The van der Waals surface area contributed by atoms with Crippen LogP contribution in [0.2, 0.25) is 0 Å². The van der Waals surface area contributed by atoms with Crippen molar-refractivity contribution in [3.63, 3.8) is 0 Å². The van der Waals surface area contributed by atoms with Crippen molar-refractivity contribution in [1.29, 1.82) is 0 Å². The monoisotopic (exact) mass is 318 g/mol. The van der Waals surface area contributed by atoms with Gasteiger partial charge in [-0.1, -0.05) is 18.2 Å². The minimum absolute atomic E-state index is 0.109. The molecule has 5 nitrogen and oxygen atoms in total. The van der Waals surface area contributed by atoms with Gasteiger partial charge < -0.3 is 14.8 Å². The van der Waals surface area contributed by atoms with Crippen molar-refractivity contribution in [2.24, 2.45) is 0 Å². The van der Waals surface area contributed by atoms with E-state index in [4.69, 9.17) is 9.47 Å². The van der Waals surface area contributed by atoms with Gasteiger partial charge in [-0.3, -0.25) is 4.79 Å². The Hall–Kier alpha value is -2.63. The number of ether oxygens (including phenoxy) is 2. The Morgan fingerprint density at radius 3 is 2.83 bits per heavy atom. The van der Waals surface area contributed by atoms with E-state index in [1.54, 1.807) is 24.4 Å². The normalized spacial score (nSPS) is 10.2. The molecule has 0 saturated carbocycles. The number of para-hydroxylation sites is 1. The Morgan fingerprint density at radius 1 is 1.22 bits per heavy atom. The number of carbonyl (C=O) groups excluding carboxylic acids is 1. The molecule has 1 N–H and O–H groups in total. The van der Waals surface area contributed by atoms with Crippen molar-refractivity contribution in [3.05, 3.63) is 54.0 Å². The summed E-state index contributed by atoms with van der Waals surface area (Å²) in [5, 5.41) is 2.77. The van der Waals surface area contributed by atoms with Gasteiger partial charge in [0.05, 0.1) is 19.6 Å². The van der Waals surface area contributed by atoms with Crippen molar-refractivity contribution < 1.29 is 18.7 Å². The second kappa shape index (κ2) is 8.73. The highest BCUT2D eigenvalue weighted by Crippen LogP contribution is 2.16. The van der Waals surface area contributed by atoms with Gasteiger partial charge in [0.25, 0.3) is 0 Å². The third kappa shape index (κ3) is 5.25. The Bertz CT molecular complexity index is 649. The fourth-order valence-corrected chi connectivity index (χ4v) is 1.92. The van der Waals surface area contributed by atoms with Gasteiger partial charge in [0.15, 0.2) is 11.6 Å². The number of nitrogens with zero attached hydrogens (tertiary/aromatic N) is 1. The smallest absolute Gasteiger partial charge is 0.223 e. The fraction of sp³-hybridized carbons (Fsp3) is 0.294. The van der Waals surface area contributed by atoms with Gasteiger partial charge >= 0.3 is 0 Å². The van der Waals surface area contributed by atoms with E-state index in [1.807, 2.05) is 13.0 Å². The maximum absolute atomic E-state index is 13.4. The molecule has 0 atom stereocenters. The molecule has 0 aliphatic heterocycles. The number of rotatable bonds is 8. The van der Waals surface area contributed by atoms with Crippen LogP contribution in [0.1, 0.15) is 18.9 Å². The summed E-state index contributed by atoms with van der Waals surface area (Å²) in [5.74, 6) is 0.0290. The minimum atomic E-state index is -0.440. The summed E-state index contributed by atoms with van der Waals surface area (Å²) in [4.78, 5) is 15.9. The molecule has 122 valence electrons. The molecule has 6 heteroatoms. The van der Waals surface area contributed by atoms with Crippen LogP contribution >= 0.6 is 0 Å². The largest absolute Gasteiger partial charge is 0.490 e. The first-order valence-electron chi connectivity index (χ1n) is 7.41. The average molecular weight is 318 g/mol.